The fraction of sp³-hybridized carbons (Fsp3) is 0.444. The normalized spacial score (nSPS) is 11.6. The number of urea groups is 1. The number of carboxylic acids is 2. The van der Waals surface area contributed by atoms with Gasteiger partial charge in [0.1, 0.15) is 18.2 Å². The van der Waals surface area contributed by atoms with Crippen molar-refractivity contribution in [3.63, 3.8) is 0 Å². The van der Waals surface area contributed by atoms with E-state index in [1.165, 1.54) is 6.33 Å². The number of aromatic nitrogens is 3. The predicted octanol–water partition coefficient (Wildman–Crippen LogP) is -1.43. The molecule has 1 rings (SSSR count). The largest absolute Gasteiger partial charge is 0.481 e. The Kier molecular flexibility index (Phi) is 5.26. The van der Waals surface area contributed by atoms with E-state index in [1.54, 1.807) is 0 Å². The number of aliphatic carboxylic acids is 2. The molecule has 0 spiro atoms. The molecule has 0 aliphatic carbocycles. The average molecular weight is 271 g/mol. The summed E-state index contributed by atoms with van der Waals surface area (Å²) in [4.78, 5) is 36.3. The molecule has 1 aromatic heterocycles. The molecule has 1 heterocycles. The fourth-order valence-corrected chi connectivity index (χ4v) is 1.23. The van der Waals surface area contributed by atoms with Gasteiger partial charge in [-0.2, -0.15) is 5.10 Å². The molecule has 5 N–H and O–H groups in total. The SMILES string of the molecule is O=C(O)C[C@H](NC(=O)NCCc1ncn[nH]1)C(=O)O. The van der Waals surface area contributed by atoms with E-state index in [1.807, 2.05) is 0 Å². The Morgan fingerprint density at radius 2 is 2.11 bits per heavy atom. The van der Waals surface area contributed by atoms with E-state index in [2.05, 4.69) is 25.8 Å². The van der Waals surface area contributed by atoms with Gasteiger partial charge in [-0.3, -0.25) is 9.89 Å². The van der Waals surface area contributed by atoms with Gasteiger partial charge < -0.3 is 20.8 Å². The van der Waals surface area contributed by atoms with E-state index >= 15 is 0 Å². The van der Waals surface area contributed by atoms with Crippen LogP contribution >= 0.6 is 0 Å². The highest BCUT2D eigenvalue weighted by Gasteiger charge is 2.22. The van der Waals surface area contributed by atoms with Crippen LogP contribution in [-0.4, -0.2) is 56.0 Å². The van der Waals surface area contributed by atoms with Crippen molar-refractivity contribution in [2.24, 2.45) is 0 Å². The van der Waals surface area contributed by atoms with Crippen LogP contribution in [0.5, 0.6) is 0 Å². The van der Waals surface area contributed by atoms with E-state index in [-0.39, 0.29) is 6.54 Å². The highest BCUT2D eigenvalue weighted by Crippen LogP contribution is 1.93. The molecule has 10 heteroatoms. The van der Waals surface area contributed by atoms with Crippen LogP contribution in [0.4, 0.5) is 4.79 Å². The maximum Gasteiger partial charge on any atom is 0.326 e. The van der Waals surface area contributed by atoms with Crippen LogP contribution in [0.15, 0.2) is 6.33 Å². The minimum absolute atomic E-state index is 0.209. The van der Waals surface area contributed by atoms with E-state index in [9.17, 15) is 14.4 Å². The lowest BCUT2D eigenvalue weighted by Gasteiger charge is -2.12. The van der Waals surface area contributed by atoms with Crippen molar-refractivity contribution >= 4 is 18.0 Å². The summed E-state index contributed by atoms with van der Waals surface area (Å²) >= 11 is 0. The number of hydrogen-bond acceptors (Lipinski definition) is 5. The molecule has 10 nitrogen and oxygen atoms in total. The molecule has 0 saturated heterocycles. The molecule has 2 amide bonds. The third kappa shape index (κ3) is 5.48. The number of nitrogens with zero attached hydrogens (tertiary/aromatic N) is 2. The second-order valence-corrected chi connectivity index (χ2v) is 3.57. The Hall–Kier alpha value is -2.65. The second kappa shape index (κ2) is 6.93. The highest BCUT2D eigenvalue weighted by molar-refractivity contribution is 5.86. The quantitative estimate of drug-likeness (QED) is 0.407. The zero-order valence-electron chi connectivity index (χ0n) is 9.79. The van der Waals surface area contributed by atoms with Gasteiger partial charge in [0.2, 0.25) is 0 Å². The molecule has 0 bridgehead atoms. The minimum atomic E-state index is -1.47. The van der Waals surface area contributed by atoms with Crippen LogP contribution in [-0.2, 0) is 16.0 Å². The Balaban J connectivity index is 2.32. The standard InChI is InChI=1S/C9H13N5O5/c15-7(16)3-5(8(17)18)13-9(19)10-2-1-6-11-4-12-14-6/h4-5H,1-3H2,(H,15,16)(H,17,18)(H2,10,13,19)(H,11,12,14)/t5-/m0/s1. The van der Waals surface area contributed by atoms with Crippen LogP contribution in [0.2, 0.25) is 0 Å². The van der Waals surface area contributed by atoms with Crippen molar-refractivity contribution in [2.75, 3.05) is 6.54 Å². The van der Waals surface area contributed by atoms with Gasteiger partial charge in [0, 0.05) is 13.0 Å². The molecule has 1 atom stereocenters. The summed E-state index contributed by atoms with van der Waals surface area (Å²) in [5.74, 6) is -2.15. The molecule has 0 aliphatic heterocycles. The smallest absolute Gasteiger partial charge is 0.326 e. The summed E-state index contributed by atoms with van der Waals surface area (Å²) in [6, 6.07) is -2.23. The third-order valence-corrected chi connectivity index (χ3v) is 2.09. The lowest BCUT2D eigenvalue weighted by molar-refractivity contribution is -0.145. The molecule has 0 saturated carbocycles. The zero-order chi connectivity index (χ0) is 14.3. The first-order valence-electron chi connectivity index (χ1n) is 5.32. The van der Waals surface area contributed by atoms with Gasteiger partial charge in [-0.25, -0.2) is 14.6 Å². The summed E-state index contributed by atoms with van der Waals surface area (Å²) in [5, 5.41) is 27.9. The minimum Gasteiger partial charge on any atom is -0.481 e. The summed E-state index contributed by atoms with van der Waals surface area (Å²) in [7, 11) is 0. The maximum atomic E-state index is 11.3. The summed E-state index contributed by atoms with van der Waals surface area (Å²) in [6.45, 7) is 0.209. The van der Waals surface area contributed by atoms with Gasteiger partial charge in [-0.1, -0.05) is 0 Å². The molecular formula is C9H13N5O5. The number of hydrogen-bond donors (Lipinski definition) is 5. The van der Waals surface area contributed by atoms with Gasteiger partial charge in [0.05, 0.1) is 6.42 Å². The van der Waals surface area contributed by atoms with Crippen molar-refractivity contribution in [3.05, 3.63) is 12.2 Å². The van der Waals surface area contributed by atoms with Crippen LogP contribution < -0.4 is 10.6 Å². The number of aromatic amines is 1. The van der Waals surface area contributed by atoms with Crippen molar-refractivity contribution < 1.29 is 24.6 Å². The molecule has 104 valence electrons. The number of carbonyl (C=O) groups excluding carboxylic acids is 1. The molecule has 0 radical (unpaired) electrons. The predicted molar refractivity (Wildman–Crippen MR) is 60.3 cm³/mol. The first-order chi connectivity index (χ1) is 8.99. The van der Waals surface area contributed by atoms with Gasteiger partial charge in [-0.05, 0) is 0 Å². The molecule has 0 aliphatic rings. The highest BCUT2D eigenvalue weighted by atomic mass is 16.4. The zero-order valence-corrected chi connectivity index (χ0v) is 9.79. The van der Waals surface area contributed by atoms with E-state index in [0.717, 1.165) is 0 Å². The maximum absolute atomic E-state index is 11.3. The Bertz CT molecular complexity index is 446. The fourth-order valence-electron chi connectivity index (χ4n) is 1.23. The summed E-state index contributed by atoms with van der Waals surface area (Å²) < 4.78 is 0. The third-order valence-electron chi connectivity index (χ3n) is 2.09. The van der Waals surface area contributed by atoms with Crippen LogP contribution in [0, 0.1) is 0 Å². The van der Waals surface area contributed by atoms with Crippen molar-refractivity contribution in [1.29, 1.82) is 0 Å². The number of rotatable bonds is 7. The van der Waals surface area contributed by atoms with Gasteiger partial charge >= 0.3 is 18.0 Å². The number of H-pyrrole nitrogens is 1. The molecule has 1 aromatic rings. The Morgan fingerprint density at radius 3 is 2.63 bits per heavy atom. The molecule has 19 heavy (non-hydrogen) atoms. The second-order valence-electron chi connectivity index (χ2n) is 3.57. The van der Waals surface area contributed by atoms with Crippen LogP contribution in [0.25, 0.3) is 0 Å². The number of carboxylic acid groups (broad SMARTS) is 2. The molecule has 0 fully saturated rings. The Morgan fingerprint density at radius 1 is 1.37 bits per heavy atom. The van der Waals surface area contributed by atoms with Crippen molar-refractivity contribution in [3.8, 4) is 0 Å². The Labute approximate surface area is 107 Å². The lowest BCUT2D eigenvalue weighted by Crippen LogP contribution is -2.47. The summed E-state index contributed by atoms with van der Waals surface area (Å²) in [5.41, 5.74) is 0. The lowest BCUT2D eigenvalue weighted by atomic mass is 10.2. The van der Waals surface area contributed by atoms with Gasteiger partial charge in [-0.15, -0.1) is 0 Å². The molecular weight excluding hydrogens is 258 g/mol. The van der Waals surface area contributed by atoms with Crippen molar-refractivity contribution in [1.82, 2.24) is 25.8 Å². The van der Waals surface area contributed by atoms with E-state index < -0.39 is 30.4 Å². The molecule has 0 unspecified atom stereocenters. The monoisotopic (exact) mass is 271 g/mol. The van der Waals surface area contributed by atoms with Crippen molar-refractivity contribution in [2.45, 2.75) is 18.9 Å². The first kappa shape index (κ1) is 14.4. The van der Waals surface area contributed by atoms with Gasteiger partial charge in [0.25, 0.3) is 0 Å². The number of nitrogens with one attached hydrogen (secondary N) is 3. The van der Waals surface area contributed by atoms with Gasteiger partial charge in [0.15, 0.2) is 0 Å². The average Bonchev–Trinajstić information content (AvgIpc) is 2.80. The topological polar surface area (TPSA) is 157 Å². The van der Waals surface area contributed by atoms with Crippen LogP contribution in [0.3, 0.4) is 0 Å². The van der Waals surface area contributed by atoms with E-state index in [0.29, 0.717) is 12.2 Å². The number of amides is 2. The first-order valence-corrected chi connectivity index (χ1v) is 5.32. The van der Waals surface area contributed by atoms with Crippen LogP contribution in [0.1, 0.15) is 12.2 Å². The van der Waals surface area contributed by atoms with E-state index in [4.69, 9.17) is 10.2 Å². The molecule has 0 aromatic carbocycles. The summed E-state index contributed by atoms with van der Waals surface area (Å²) in [6.07, 6.45) is 1.03. The number of carbonyl (C=O) groups is 3.